The van der Waals surface area contributed by atoms with E-state index in [-0.39, 0.29) is 23.3 Å². The van der Waals surface area contributed by atoms with Crippen LogP contribution in [0.2, 0.25) is 0 Å². The molecule has 3 aromatic carbocycles. The van der Waals surface area contributed by atoms with Gasteiger partial charge in [0, 0.05) is 22.5 Å². The number of hydrogen-bond acceptors (Lipinski definition) is 9. The number of nitrogens with one attached hydrogen (secondary N) is 2. The predicted octanol–water partition coefficient (Wildman–Crippen LogP) is 6.04. The molecule has 2 N–H and O–H groups in total. The maximum atomic E-state index is 13.1. The summed E-state index contributed by atoms with van der Waals surface area (Å²) in [4.78, 5) is 44.6. The van der Waals surface area contributed by atoms with Crippen molar-refractivity contribution in [2.75, 3.05) is 18.6 Å². The predicted molar refractivity (Wildman–Crippen MR) is 178 cm³/mol. The number of aromatic nitrogens is 4. The molecule has 0 unspecified atom stereocenters. The summed E-state index contributed by atoms with van der Waals surface area (Å²) in [5.74, 6) is 0.227. The number of ether oxygens (including phenoxy) is 1. The number of rotatable bonds is 12. The summed E-state index contributed by atoms with van der Waals surface area (Å²) >= 11 is 2.47. The molecular weight excluding hydrogens is 605 g/mol. The summed E-state index contributed by atoms with van der Waals surface area (Å²) in [5.41, 5.74) is 5.84. The highest BCUT2D eigenvalue weighted by Gasteiger charge is 2.19. The second-order valence-corrected chi connectivity index (χ2v) is 11.9. The number of amides is 2. The van der Waals surface area contributed by atoms with Crippen LogP contribution in [0.1, 0.15) is 23.1 Å². The number of carbonyl (C=O) groups is 2. The fourth-order valence-electron chi connectivity index (χ4n) is 4.39. The molecule has 5 aromatic rings. The maximum absolute atomic E-state index is 13.1. The minimum atomic E-state index is -0.770. The lowest BCUT2D eigenvalue weighted by Crippen LogP contribution is -2.42. The third-order valence-electron chi connectivity index (χ3n) is 6.53. The molecule has 45 heavy (non-hydrogen) atoms. The van der Waals surface area contributed by atoms with Gasteiger partial charge in [0.25, 0.3) is 0 Å². The zero-order chi connectivity index (χ0) is 31.6. The summed E-state index contributed by atoms with van der Waals surface area (Å²) in [6, 6.07) is 30.6. The number of aryl methyl sites for hydroxylation is 2. The Morgan fingerprint density at radius 3 is 1.53 bits per heavy atom. The molecule has 11 heteroatoms. The van der Waals surface area contributed by atoms with Gasteiger partial charge < -0.3 is 15.4 Å². The van der Waals surface area contributed by atoms with Crippen LogP contribution in [0.3, 0.4) is 0 Å². The number of methoxy groups -OCH3 is 1. The average molecular weight is 637 g/mol. The Balaban J connectivity index is 1.24. The molecule has 2 heterocycles. The SMILES string of the molecule is COc1ccc(C(NC(=O)CSc2nc(C)cc(-c3ccccc3)n2)NC(=O)CSc2nc(C)cc(-c3ccccc3)n2)cc1. The van der Waals surface area contributed by atoms with Gasteiger partial charge in [-0.05, 0) is 43.7 Å². The second-order valence-electron chi connectivity index (χ2n) is 10.0. The number of hydrogen-bond donors (Lipinski definition) is 2. The third-order valence-corrected chi connectivity index (χ3v) is 8.23. The van der Waals surface area contributed by atoms with Crippen LogP contribution in [0, 0.1) is 13.8 Å². The fraction of sp³-hybridized carbons (Fsp3) is 0.176. The zero-order valence-electron chi connectivity index (χ0n) is 25.1. The van der Waals surface area contributed by atoms with Crippen molar-refractivity contribution in [3.8, 4) is 28.3 Å². The van der Waals surface area contributed by atoms with Crippen LogP contribution >= 0.6 is 23.5 Å². The topological polar surface area (TPSA) is 119 Å². The molecule has 0 aliphatic heterocycles. The van der Waals surface area contributed by atoms with Gasteiger partial charge in [0.1, 0.15) is 11.9 Å². The van der Waals surface area contributed by atoms with Gasteiger partial charge >= 0.3 is 0 Å². The van der Waals surface area contributed by atoms with Crippen molar-refractivity contribution in [1.29, 1.82) is 0 Å². The minimum absolute atomic E-state index is 0.0638. The Morgan fingerprint density at radius 1 is 0.667 bits per heavy atom. The van der Waals surface area contributed by atoms with Crippen molar-refractivity contribution >= 4 is 35.3 Å². The normalized spacial score (nSPS) is 10.8. The van der Waals surface area contributed by atoms with Crippen molar-refractivity contribution in [2.24, 2.45) is 0 Å². The van der Waals surface area contributed by atoms with Gasteiger partial charge in [0.05, 0.1) is 30.0 Å². The molecule has 228 valence electrons. The molecule has 5 rings (SSSR count). The average Bonchev–Trinajstić information content (AvgIpc) is 3.06. The Kier molecular flexibility index (Phi) is 10.8. The Bertz CT molecular complexity index is 1650. The van der Waals surface area contributed by atoms with Crippen LogP contribution in [0.5, 0.6) is 5.75 Å². The van der Waals surface area contributed by atoms with E-state index in [1.165, 1.54) is 23.5 Å². The van der Waals surface area contributed by atoms with Crippen LogP contribution in [0.4, 0.5) is 0 Å². The molecular formula is C34H32N6O3S2. The smallest absolute Gasteiger partial charge is 0.232 e. The Labute approximate surface area is 270 Å². The lowest BCUT2D eigenvalue weighted by atomic mass is 10.1. The summed E-state index contributed by atoms with van der Waals surface area (Å²) in [7, 11) is 1.58. The summed E-state index contributed by atoms with van der Waals surface area (Å²) in [5, 5.41) is 6.88. The van der Waals surface area contributed by atoms with E-state index in [0.29, 0.717) is 21.6 Å². The van der Waals surface area contributed by atoms with E-state index < -0.39 is 6.17 Å². The van der Waals surface area contributed by atoms with Crippen molar-refractivity contribution in [3.05, 3.63) is 114 Å². The fourth-order valence-corrected chi connectivity index (χ4v) is 5.82. The maximum Gasteiger partial charge on any atom is 0.232 e. The van der Waals surface area contributed by atoms with Crippen molar-refractivity contribution in [2.45, 2.75) is 30.3 Å². The number of carbonyl (C=O) groups excluding carboxylic acids is 2. The Morgan fingerprint density at radius 2 is 1.11 bits per heavy atom. The number of thioether (sulfide) groups is 2. The minimum Gasteiger partial charge on any atom is -0.497 e. The first-order chi connectivity index (χ1) is 21.9. The monoisotopic (exact) mass is 636 g/mol. The van der Waals surface area contributed by atoms with Crippen LogP contribution in [-0.2, 0) is 9.59 Å². The lowest BCUT2D eigenvalue weighted by Gasteiger charge is -2.21. The molecule has 0 bridgehead atoms. The molecule has 0 spiro atoms. The molecule has 0 aliphatic carbocycles. The van der Waals surface area contributed by atoms with E-state index in [1.54, 1.807) is 31.4 Å². The van der Waals surface area contributed by atoms with Gasteiger partial charge in [0.2, 0.25) is 11.8 Å². The van der Waals surface area contributed by atoms with Crippen LogP contribution in [-0.4, -0.2) is 50.4 Å². The summed E-state index contributed by atoms with van der Waals surface area (Å²) in [6.45, 7) is 3.80. The largest absolute Gasteiger partial charge is 0.497 e. The quantitative estimate of drug-likeness (QED) is 0.0960. The van der Waals surface area contributed by atoms with Gasteiger partial charge in [-0.25, -0.2) is 19.9 Å². The summed E-state index contributed by atoms with van der Waals surface area (Å²) in [6.07, 6.45) is -0.770. The second kappa shape index (κ2) is 15.3. The highest BCUT2D eigenvalue weighted by Crippen LogP contribution is 2.24. The number of benzene rings is 3. The molecule has 0 saturated carbocycles. The lowest BCUT2D eigenvalue weighted by molar-refractivity contribution is -0.121. The molecule has 0 saturated heterocycles. The summed E-state index contributed by atoms with van der Waals surface area (Å²) < 4.78 is 5.28. The molecule has 0 aliphatic rings. The van der Waals surface area contributed by atoms with Crippen LogP contribution in [0.15, 0.2) is 107 Å². The van der Waals surface area contributed by atoms with Gasteiger partial charge in [-0.1, -0.05) is 96.3 Å². The first kappa shape index (κ1) is 31.7. The third kappa shape index (κ3) is 9.13. The Hall–Kier alpha value is -4.74. The molecule has 2 aromatic heterocycles. The highest BCUT2D eigenvalue weighted by molar-refractivity contribution is 8.00. The molecule has 0 radical (unpaired) electrons. The van der Waals surface area contributed by atoms with Crippen LogP contribution in [0.25, 0.3) is 22.5 Å². The van der Waals surface area contributed by atoms with Crippen LogP contribution < -0.4 is 15.4 Å². The van der Waals surface area contributed by atoms with Gasteiger partial charge in [0.15, 0.2) is 10.3 Å². The van der Waals surface area contributed by atoms with E-state index in [2.05, 4.69) is 30.6 Å². The first-order valence-corrected chi connectivity index (χ1v) is 16.1. The first-order valence-electron chi connectivity index (χ1n) is 14.2. The van der Waals surface area contributed by atoms with E-state index in [0.717, 1.165) is 33.9 Å². The van der Waals surface area contributed by atoms with Crippen molar-refractivity contribution in [3.63, 3.8) is 0 Å². The molecule has 9 nitrogen and oxygen atoms in total. The zero-order valence-corrected chi connectivity index (χ0v) is 26.7. The molecule has 2 amide bonds. The van der Waals surface area contributed by atoms with E-state index >= 15 is 0 Å². The van der Waals surface area contributed by atoms with Crippen molar-refractivity contribution < 1.29 is 14.3 Å². The van der Waals surface area contributed by atoms with Crippen molar-refractivity contribution in [1.82, 2.24) is 30.6 Å². The van der Waals surface area contributed by atoms with Gasteiger partial charge in [-0.15, -0.1) is 0 Å². The molecule has 0 fully saturated rings. The van der Waals surface area contributed by atoms with Gasteiger partial charge in [-0.2, -0.15) is 0 Å². The standard InChI is InChI=1S/C34H32N6O3S2/c1-22-18-28(24-10-6-4-7-11-24)37-33(35-22)44-20-30(41)39-32(26-14-16-27(43-3)17-15-26)40-31(42)21-45-34-36-23(2)19-29(38-34)25-12-8-5-9-13-25/h4-19,32H,20-21H2,1-3H3,(H,39,41)(H,40,42). The number of nitrogens with zero attached hydrogens (tertiary/aromatic N) is 4. The van der Waals surface area contributed by atoms with E-state index in [1.807, 2.05) is 86.6 Å². The van der Waals surface area contributed by atoms with E-state index in [4.69, 9.17) is 4.74 Å². The highest BCUT2D eigenvalue weighted by atomic mass is 32.2. The van der Waals surface area contributed by atoms with E-state index in [9.17, 15) is 9.59 Å². The van der Waals surface area contributed by atoms with Gasteiger partial charge in [-0.3, -0.25) is 9.59 Å². The molecule has 0 atom stereocenters.